The first-order chi connectivity index (χ1) is 13.4. The minimum absolute atomic E-state index is 0.278. The van der Waals surface area contributed by atoms with Gasteiger partial charge in [0.25, 0.3) is 0 Å². The molecule has 1 aliphatic carbocycles. The second-order valence-electron chi connectivity index (χ2n) is 7.04. The van der Waals surface area contributed by atoms with Crippen molar-refractivity contribution in [2.75, 3.05) is 12.4 Å². The van der Waals surface area contributed by atoms with E-state index in [2.05, 4.69) is 5.32 Å². The SMILES string of the molecule is COc1ccc(C)cc1/C=C/C(=O)Nc1ccc(S(=O)(=O)C2CCCC2)cc1. The topological polar surface area (TPSA) is 72.5 Å². The molecule has 1 N–H and O–H groups in total. The van der Waals surface area contributed by atoms with Gasteiger partial charge in [0.2, 0.25) is 5.91 Å². The standard InChI is InChI=1S/C22H25NO4S/c1-16-7-13-21(27-2)17(15-16)8-14-22(24)23-18-9-11-20(12-10-18)28(25,26)19-5-3-4-6-19/h7-15,19H,3-6H2,1-2H3,(H,23,24)/b14-8+. The molecule has 1 aliphatic rings. The third-order valence-corrected chi connectivity index (χ3v) is 7.27. The number of amides is 1. The highest BCUT2D eigenvalue weighted by Crippen LogP contribution is 2.30. The zero-order valence-corrected chi connectivity index (χ0v) is 17.0. The Bertz CT molecular complexity index is 972. The number of carbonyl (C=O) groups is 1. The van der Waals surface area contributed by atoms with E-state index in [4.69, 9.17) is 4.74 Å². The van der Waals surface area contributed by atoms with Gasteiger partial charge in [-0.2, -0.15) is 0 Å². The molecule has 1 saturated carbocycles. The number of aryl methyl sites for hydroxylation is 1. The van der Waals surface area contributed by atoms with Crippen molar-refractivity contribution in [3.63, 3.8) is 0 Å². The van der Waals surface area contributed by atoms with Crippen LogP contribution in [-0.4, -0.2) is 26.7 Å². The summed E-state index contributed by atoms with van der Waals surface area (Å²) >= 11 is 0. The van der Waals surface area contributed by atoms with Gasteiger partial charge in [0.05, 0.1) is 17.3 Å². The van der Waals surface area contributed by atoms with Crippen molar-refractivity contribution in [1.29, 1.82) is 0 Å². The summed E-state index contributed by atoms with van der Waals surface area (Å²) < 4.78 is 30.5. The number of benzene rings is 2. The smallest absolute Gasteiger partial charge is 0.248 e. The Morgan fingerprint density at radius 2 is 1.79 bits per heavy atom. The average Bonchev–Trinajstić information content (AvgIpc) is 3.23. The molecule has 148 valence electrons. The van der Waals surface area contributed by atoms with Gasteiger partial charge in [-0.15, -0.1) is 0 Å². The van der Waals surface area contributed by atoms with Crippen molar-refractivity contribution in [2.45, 2.75) is 42.8 Å². The first-order valence-electron chi connectivity index (χ1n) is 9.38. The highest BCUT2D eigenvalue weighted by atomic mass is 32.2. The van der Waals surface area contributed by atoms with Gasteiger partial charge in [0, 0.05) is 17.3 Å². The number of ether oxygens (including phenoxy) is 1. The molecule has 0 bridgehead atoms. The summed E-state index contributed by atoms with van der Waals surface area (Å²) in [6, 6.07) is 12.1. The van der Waals surface area contributed by atoms with Gasteiger partial charge in [-0.3, -0.25) is 4.79 Å². The lowest BCUT2D eigenvalue weighted by molar-refractivity contribution is -0.111. The van der Waals surface area contributed by atoms with Crippen molar-refractivity contribution in [2.24, 2.45) is 0 Å². The first kappa shape index (κ1) is 20.1. The molecule has 0 saturated heterocycles. The van der Waals surface area contributed by atoms with E-state index in [0.29, 0.717) is 16.3 Å². The van der Waals surface area contributed by atoms with E-state index in [-0.39, 0.29) is 11.2 Å². The molecular formula is C22H25NO4S. The van der Waals surface area contributed by atoms with E-state index in [9.17, 15) is 13.2 Å². The van der Waals surface area contributed by atoms with Crippen molar-refractivity contribution >= 4 is 27.5 Å². The molecule has 0 unspecified atom stereocenters. The lowest BCUT2D eigenvalue weighted by Crippen LogP contribution is -2.17. The van der Waals surface area contributed by atoms with E-state index in [1.54, 1.807) is 37.5 Å². The lowest BCUT2D eigenvalue weighted by Gasteiger charge is -2.11. The van der Waals surface area contributed by atoms with Crippen LogP contribution >= 0.6 is 0 Å². The third kappa shape index (κ3) is 4.62. The zero-order chi connectivity index (χ0) is 20.1. The average molecular weight is 400 g/mol. The molecule has 0 heterocycles. The maximum absolute atomic E-state index is 12.6. The predicted molar refractivity (Wildman–Crippen MR) is 111 cm³/mol. The van der Waals surface area contributed by atoms with E-state index in [1.165, 1.54) is 6.08 Å². The first-order valence-corrected chi connectivity index (χ1v) is 10.9. The number of hydrogen-bond donors (Lipinski definition) is 1. The van der Waals surface area contributed by atoms with E-state index >= 15 is 0 Å². The number of anilines is 1. The molecule has 0 spiro atoms. The largest absolute Gasteiger partial charge is 0.496 e. The Morgan fingerprint density at radius 3 is 2.43 bits per heavy atom. The molecule has 0 aliphatic heterocycles. The molecule has 0 aromatic heterocycles. The molecule has 2 aromatic rings. The fraction of sp³-hybridized carbons (Fsp3) is 0.318. The molecule has 0 radical (unpaired) electrons. The Hall–Kier alpha value is -2.60. The number of rotatable bonds is 6. The van der Waals surface area contributed by atoms with Crippen molar-refractivity contribution < 1.29 is 17.9 Å². The van der Waals surface area contributed by atoms with Crippen LogP contribution in [0.2, 0.25) is 0 Å². The second kappa shape index (κ2) is 8.61. The number of methoxy groups -OCH3 is 1. The Morgan fingerprint density at radius 1 is 1.11 bits per heavy atom. The fourth-order valence-corrected chi connectivity index (χ4v) is 5.31. The van der Waals surface area contributed by atoms with E-state index in [1.807, 2.05) is 25.1 Å². The molecule has 1 fully saturated rings. The maximum atomic E-state index is 12.6. The zero-order valence-electron chi connectivity index (χ0n) is 16.1. The Balaban J connectivity index is 1.67. The highest BCUT2D eigenvalue weighted by Gasteiger charge is 2.30. The van der Waals surface area contributed by atoms with Gasteiger partial charge < -0.3 is 10.1 Å². The summed E-state index contributed by atoms with van der Waals surface area (Å²) in [5.74, 6) is 0.395. The lowest BCUT2D eigenvalue weighted by atomic mass is 10.1. The van der Waals surface area contributed by atoms with Gasteiger partial charge in [-0.05, 0) is 62.2 Å². The van der Waals surface area contributed by atoms with Gasteiger partial charge >= 0.3 is 0 Å². The summed E-state index contributed by atoms with van der Waals surface area (Å²) in [5, 5.41) is 2.47. The second-order valence-corrected chi connectivity index (χ2v) is 9.27. The number of sulfone groups is 1. The molecular weight excluding hydrogens is 374 g/mol. The number of carbonyl (C=O) groups excluding carboxylic acids is 1. The summed E-state index contributed by atoms with van der Waals surface area (Å²) in [6.07, 6.45) is 6.52. The molecule has 1 amide bonds. The summed E-state index contributed by atoms with van der Waals surface area (Å²) in [6.45, 7) is 1.97. The van der Waals surface area contributed by atoms with Gasteiger partial charge in [-0.1, -0.05) is 24.5 Å². The van der Waals surface area contributed by atoms with Gasteiger partial charge in [0.1, 0.15) is 5.75 Å². The quantitative estimate of drug-likeness (QED) is 0.732. The minimum Gasteiger partial charge on any atom is -0.496 e. The van der Waals surface area contributed by atoms with Crippen molar-refractivity contribution in [3.8, 4) is 5.75 Å². The van der Waals surface area contributed by atoms with Crippen LogP contribution in [0.1, 0.15) is 36.8 Å². The molecule has 0 atom stereocenters. The van der Waals surface area contributed by atoms with E-state index < -0.39 is 9.84 Å². The number of nitrogens with one attached hydrogen (secondary N) is 1. The van der Waals surface area contributed by atoms with Crippen LogP contribution in [0.25, 0.3) is 6.08 Å². The molecule has 28 heavy (non-hydrogen) atoms. The molecule has 6 heteroatoms. The van der Waals surface area contributed by atoms with Gasteiger partial charge in [-0.25, -0.2) is 8.42 Å². The van der Waals surface area contributed by atoms with Crippen LogP contribution < -0.4 is 10.1 Å². The monoisotopic (exact) mass is 399 g/mol. The summed E-state index contributed by atoms with van der Waals surface area (Å²) in [5.41, 5.74) is 2.44. The predicted octanol–water partition coefficient (Wildman–Crippen LogP) is 4.37. The normalized spacial score (nSPS) is 15.1. The maximum Gasteiger partial charge on any atom is 0.248 e. The summed E-state index contributed by atoms with van der Waals surface area (Å²) in [7, 11) is -1.70. The van der Waals surface area contributed by atoms with Crippen LogP contribution in [0.5, 0.6) is 5.75 Å². The summed E-state index contributed by atoms with van der Waals surface area (Å²) in [4.78, 5) is 12.5. The molecule has 3 rings (SSSR count). The minimum atomic E-state index is -3.28. The van der Waals surface area contributed by atoms with Crippen LogP contribution in [-0.2, 0) is 14.6 Å². The Labute approximate surface area is 166 Å². The van der Waals surface area contributed by atoms with Crippen LogP contribution in [0.4, 0.5) is 5.69 Å². The van der Waals surface area contributed by atoms with Crippen LogP contribution in [0.3, 0.4) is 0 Å². The van der Waals surface area contributed by atoms with Crippen LogP contribution in [0.15, 0.2) is 53.4 Å². The van der Waals surface area contributed by atoms with Gasteiger partial charge in [0.15, 0.2) is 9.84 Å². The highest BCUT2D eigenvalue weighted by molar-refractivity contribution is 7.92. The number of hydrogen-bond acceptors (Lipinski definition) is 4. The third-order valence-electron chi connectivity index (χ3n) is 4.99. The molecule has 5 nitrogen and oxygen atoms in total. The van der Waals surface area contributed by atoms with Crippen molar-refractivity contribution in [1.82, 2.24) is 0 Å². The molecule has 2 aromatic carbocycles. The van der Waals surface area contributed by atoms with Crippen molar-refractivity contribution in [3.05, 3.63) is 59.7 Å². The van der Waals surface area contributed by atoms with Crippen LogP contribution in [0, 0.1) is 6.92 Å². The fourth-order valence-electron chi connectivity index (χ4n) is 3.45. The Kier molecular flexibility index (Phi) is 6.19. The van der Waals surface area contributed by atoms with E-state index in [0.717, 1.165) is 36.8 Å².